The van der Waals surface area contributed by atoms with Gasteiger partial charge in [-0.25, -0.2) is 0 Å². The minimum absolute atomic E-state index is 0.0326. The number of unbranched alkanes of at least 4 members (excludes halogenated alkanes) is 14. The Kier molecular flexibility index (Phi) is 28.6. The van der Waals surface area contributed by atoms with Crippen LogP contribution in [0, 0.1) is 0 Å². The summed E-state index contributed by atoms with van der Waals surface area (Å²) in [6.45, 7) is 4.09. The Labute approximate surface area is 281 Å². The number of hydrogen-bond acceptors (Lipinski definition) is 8. The third-order valence-corrected chi connectivity index (χ3v) is 8.42. The lowest BCUT2D eigenvalue weighted by Crippen LogP contribution is -2.37. The summed E-state index contributed by atoms with van der Waals surface area (Å²) in [5.41, 5.74) is 0. The van der Waals surface area contributed by atoms with Gasteiger partial charge in [0, 0.05) is 12.8 Å². The van der Waals surface area contributed by atoms with Crippen LogP contribution in [0.1, 0.15) is 142 Å². The van der Waals surface area contributed by atoms with Crippen LogP contribution < -0.4 is 4.89 Å². The lowest BCUT2D eigenvalue weighted by Gasteiger charge is -2.28. The fourth-order valence-corrected chi connectivity index (χ4v) is 5.30. The van der Waals surface area contributed by atoms with Gasteiger partial charge in [0.15, 0.2) is 6.10 Å². The molecule has 2 atom stereocenters. The number of phosphoric acid groups is 1. The smallest absolute Gasteiger partial charge is 0.306 e. The minimum atomic E-state index is -4.61. The summed E-state index contributed by atoms with van der Waals surface area (Å²) >= 11 is 0. The van der Waals surface area contributed by atoms with Crippen molar-refractivity contribution < 1.29 is 42.1 Å². The van der Waals surface area contributed by atoms with Gasteiger partial charge in [-0.3, -0.25) is 14.2 Å². The number of hydrogen-bond donors (Lipinski definition) is 0. The number of carbonyl (C=O) groups is 2. The molecule has 0 saturated carbocycles. The van der Waals surface area contributed by atoms with Crippen LogP contribution in [0.5, 0.6) is 0 Å². The fraction of sp³-hybridized carbons (Fsp3) is 0.833. The van der Waals surface area contributed by atoms with Crippen molar-refractivity contribution in [3.05, 3.63) is 24.3 Å². The van der Waals surface area contributed by atoms with E-state index in [-0.39, 0.29) is 26.1 Å². The van der Waals surface area contributed by atoms with Gasteiger partial charge >= 0.3 is 11.9 Å². The maximum absolute atomic E-state index is 12.5. The van der Waals surface area contributed by atoms with Gasteiger partial charge in [0.1, 0.15) is 19.8 Å². The summed E-state index contributed by atoms with van der Waals surface area (Å²) in [5.74, 6) is -0.856. The average Bonchev–Trinajstić information content (AvgIpc) is 2.99. The molecule has 0 aromatic rings. The molecule has 0 heterocycles. The predicted molar refractivity (Wildman–Crippen MR) is 185 cm³/mol. The van der Waals surface area contributed by atoms with Crippen molar-refractivity contribution in [1.29, 1.82) is 0 Å². The Morgan fingerprint density at radius 2 is 1.22 bits per heavy atom. The molecule has 0 fully saturated rings. The minimum Gasteiger partial charge on any atom is -0.756 e. The van der Waals surface area contributed by atoms with E-state index in [0.29, 0.717) is 17.4 Å². The van der Waals surface area contributed by atoms with Gasteiger partial charge in [0.05, 0.1) is 27.7 Å². The molecule has 0 bridgehead atoms. The molecule has 0 saturated heterocycles. The van der Waals surface area contributed by atoms with Crippen molar-refractivity contribution in [3.63, 3.8) is 0 Å². The summed E-state index contributed by atoms with van der Waals surface area (Å²) in [7, 11) is 1.15. The van der Waals surface area contributed by atoms with Gasteiger partial charge in [-0.2, -0.15) is 0 Å². The maximum Gasteiger partial charge on any atom is 0.306 e. The first kappa shape index (κ1) is 44.5. The van der Waals surface area contributed by atoms with Crippen LogP contribution in [-0.2, 0) is 32.7 Å². The van der Waals surface area contributed by atoms with Crippen LogP contribution in [0.25, 0.3) is 0 Å². The van der Waals surface area contributed by atoms with E-state index in [4.69, 9.17) is 18.5 Å². The van der Waals surface area contributed by atoms with E-state index in [0.717, 1.165) is 64.2 Å². The quantitative estimate of drug-likeness (QED) is 0.0230. The summed E-state index contributed by atoms with van der Waals surface area (Å²) in [5, 5.41) is 0. The second kappa shape index (κ2) is 29.6. The molecule has 0 aliphatic heterocycles. The SMILES string of the molecule is CCC/C=C\C/C=C\CCCCCCCC(=O)OC(COC(=O)CCCCCCCCCCC)COP(=O)([O-])OCC[N+](C)(C)C. The molecule has 0 aromatic carbocycles. The molecule has 0 N–H and O–H groups in total. The van der Waals surface area contributed by atoms with Crippen LogP contribution in [0.3, 0.4) is 0 Å². The highest BCUT2D eigenvalue weighted by Gasteiger charge is 2.21. The summed E-state index contributed by atoms with van der Waals surface area (Å²) in [4.78, 5) is 37.2. The van der Waals surface area contributed by atoms with Crippen LogP contribution in [-0.4, -0.2) is 70.0 Å². The number of ether oxygens (including phenoxy) is 2. The monoisotopic (exact) mass is 673 g/mol. The topological polar surface area (TPSA) is 111 Å². The lowest BCUT2D eigenvalue weighted by molar-refractivity contribution is -0.870. The largest absolute Gasteiger partial charge is 0.756 e. The number of phosphoric ester groups is 1. The zero-order valence-corrected chi connectivity index (χ0v) is 30.9. The number of rotatable bonds is 32. The molecule has 0 aliphatic rings. The van der Waals surface area contributed by atoms with Crippen molar-refractivity contribution in [3.8, 4) is 0 Å². The Morgan fingerprint density at radius 1 is 0.674 bits per heavy atom. The highest BCUT2D eigenvalue weighted by molar-refractivity contribution is 7.45. The second-order valence-electron chi connectivity index (χ2n) is 13.2. The van der Waals surface area contributed by atoms with E-state index in [1.165, 1.54) is 44.9 Å². The van der Waals surface area contributed by atoms with E-state index < -0.39 is 32.5 Å². The zero-order chi connectivity index (χ0) is 34.4. The van der Waals surface area contributed by atoms with Gasteiger partial charge in [-0.15, -0.1) is 0 Å². The normalized spacial score (nSPS) is 14.1. The number of nitrogens with zero attached hydrogens (tertiary/aromatic N) is 1. The van der Waals surface area contributed by atoms with Crippen molar-refractivity contribution in [2.75, 3.05) is 47.5 Å². The van der Waals surface area contributed by atoms with Crippen molar-refractivity contribution >= 4 is 19.8 Å². The van der Waals surface area contributed by atoms with Gasteiger partial charge in [0.2, 0.25) is 0 Å². The van der Waals surface area contributed by atoms with E-state index in [2.05, 4.69) is 38.2 Å². The molecule has 9 nitrogen and oxygen atoms in total. The molecule has 46 heavy (non-hydrogen) atoms. The molecule has 0 rings (SSSR count). The third-order valence-electron chi connectivity index (χ3n) is 7.46. The Bertz CT molecular complexity index is 855. The van der Waals surface area contributed by atoms with E-state index in [1.807, 2.05) is 21.1 Å². The highest BCUT2D eigenvalue weighted by atomic mass is 31.2. The predicted octanol–water partition coefficient (Wildman–Crippen LogP) is 8.60. The molecule has 2 unspecified atom stereocenters. The second-order valence-corrected chi connectivity index (χ2v) is 14.6. The van der Waals surface area contributed by atoms with E-state index in [9.17, 15) is 19.0 Å². The van der Waals surface area contributed by atoms with Crippen LogP contribution in [0.2, 0.25) is 0 Å². The van der Waals surface area contributed by atoms with Crippen molar-refractivity contribution in [1.82, 2.24) is 0 Å². The van der Waals surface area contributed by atoms with Crippen LogP contribution >= 0.6 is 7.82 Å². The highest BCUT2D eigenvalue weighted by Crippen LogP contribution is 2.38. The van der Waals surface area contributed by atoms with Gasteiger partial charge in [0.25, 0.3) is 7.82 Å². The zero-order valence-electron chi connectivity index (χ0n) is 30.0. The third kappa shape index (κ3) is 32.4. The molecular weight excluding hydrogens is 605 g/mol. The first-order valence-electron chi connectivity index (χ1n) is 18.0. The van der Waals surface area contributed by atoms with E-state index in [1.54, 1.807) is 0 Å². The van der Waals surface area contributed by atoms with E-state index >= 15 is 0 Å². The standard InChI is InChI=1S/C36H68NO8P/c1-6-8-10-12-14-16-17-18-19-21-23-25-27-29-36(39)45-34(33-44-46(40,41)43-31-30-37(3,4)5)32-42-35(38)28-26-24-22-20-15-13-11-9-7-2/h10,12,16-17,34H,6-9,11,13-15,18-33H2,1-5H3/b12-10-,17-16-. The molecular formula is C36H68NO8P. The summed E-state index contributed by atoms with van der Waals surface area (Å²) in [6.07, 6.45) is 27.8. The molecule has 0 aromatic heterocycles. The lowest BCUT2D eigenvalue weighted by atomic mass is 10.1. The Hall–Kier alpha value is -1.51. The summed E-state index contributed by atoms with van der Waals surface area (Å²) < 4.78 is 33.6. The van der Waals surface area contributed by atoms with Crippen LogP contribution in [0.15, 0.2) is 24.3 Å². The molecule has 0 radical (unpaired) electrons. The molecule has 270 valence electrons. The molecule has 0 amide bonds. The summed E-state index contributed by atoms with van der Waals surface area (Å²) in [6, 6.07) is 0. The number of allylic oxidation sites excluding steroid dienone is 4. The van der Waals surface area contributed by atoms with Crippen LogP contribution in [0.4, 0.5) is 0 Å². The first-order chi connectivity index (χ1) is 22.0. The Balaban J connectivity index is 4.50. The van der Waals surface area contributed by atoms with Crippen molar-refractivity contribution in [2.24, 2.45) is 0 Å². The average molecular weight is 674 g/mol. The van der Waals surface area contributed by atoms with Gasteiger partial charge < -0.3 is 27.9 Å². The Morgan fingerprint density at radius 3 is 1.80 bits per heavy atom. The number of esters is 2. The molecule has 0 aliphatic carbocycles. The van der Waals surface area contributed by atoms with Gasteiger partial charge in [-0.1, -0.05) is 115 Å². The number of carbonyl (C=O) groups excluding carboxylic acids is 2. The number of likely N-dealkylation sites (N-methyl/N-ethyl adjacent to an activating group) is 1. The molecule has 10 heteroatoms. The maximum atomic E-state index is 12.5. The van der Waals surface area contributed by atoms with Gasteiger partial charge in [-0.05, 0) is 38.5 Å². The first-order valence-corrected chi connectivity index (χ1v) is 19.5. The van der Waals surface area contributed by atoms with Crippen molar-refractivity contribution in [2.45, 2.75) is 148 Å². The molecule has 0 spiro atoms. The fourth-order valence-electron chi connectivity index (χ4n) is 4.57. The number of quaternary nitrogens is 1.